The Balaban J connectivity index is 1.41. The van der Waals surface area contributed by atoms with Crippen LogP contribution in [-0.4, -0.2) is 93.5 Å². The van der Waals surface area contributed by atoms with Gasteiger partial charge in [-0.15, -0.1) is 0 Å². The Morgan fingerprint density at radius 3 is 2.52 bits per heavy atom. The van der Waals surface area contributed by atoms with E-state index in [1.54, 1.807) is 48.5 Å². The molecule has 14 heteroatoms. The van der Waals surface area contributed by atoms with Crippen molar-refractivity contribution in [2.75, 3.05) is 19.7 Å². The third-order valence-corrected chi connectivity index (χ3v) is 8.41. The fraction of sp³-hybridized carbons (Fsp3) is 0.441. The van der Waals surface area contributed by atoms with E-state index in [1.165, 1.54) is 18.2 Å². The predicted molar refractivity (Wildman–Crippen MR) is 175 cm³/mol. The first-order valence-corrected chi connectivity index (χ1v) is 16.3. The Bertz CT molecular complexity index is 1610. The van der Waals surface area contributed by atoms with Gasteiger partial charge in [0.05, 0.1) is 12.1 Å². The van der Waals surface area contributed by atoms with Gasteiger partial charge in [-0.25, -0.2) is 4.98 Å². The van der Waals surface area contributed by atoms with Crippen molar-refractivity contribution in [2.45, 2.75) is 70.6 Å². The van der Waals surface area contributed by atoms with Gasteiger partial charge in [0.2, 0.25) is 23.6 Å². The van der Waals surface area contributed by atoms with Gasteiger partial charge in [0, 0.05) is 18.5 Å². The monoisotopic (exact) mass is 658 g/mol. The van der Waals surface area contributed by atoms with Gasteiger partial charge in [0.25, 0.3) is 5.91 Å². The number of aromatic nitrogens is 3. The van der Waals surface area contributed by atoms with Gasteiger partial charge in [0.15, 0.2) is 5.82 Å². The molecule has 6 rings (SSSR count). The maximum Gasteiger partial charge on any atom is 0.252 e. The van der Waals surface area contributed by atoms with Gasteiger partial charge in [-0.05, 0) is 55.9 Å². The minimum atomic E-state index is -1.07. The third kappa shape index (κ3) is 8.35. The maximum atomic E-state index is 13.8. The second kappa shape index (κ2) is 15.5. The van der Waals surface area contributed by atoms with Crippen LogP contribution in [0.3, 0.4) is 0 Å². The Morgan fingerprint density at radius 2 is 1.79 bits per heavy atom. The number of carbonyl (C=O) groups is 5. The van der Waals surface area contributed by atoms with E-state index in [0.29, 0.717) is 42.9 Å². The SMILES string of the molecule is CC(C)C[C@@H]1NC(=O)[C@@H](C)NC(=O)[C@@H](NC(=O)c2ccccc2-c2ncn[nH]2)Cc2ccc(cc2)OCCNC(=O)[C@H]2CCCN2C1=O. The molecule has 0 saturated carbocycles. The van der Waals surface area contributed by atoms with Crippen molar-refractivity contribution in [3.05, 3.63) is 66.0 Å². The van der Waals surface area contributed by atoms with E-state index in [4.69, 9.17) is 4.74 Å². The number of H-pyrrole nitrogens is 1. The Labute approximate surface area is 278 Å². The van der Waals surface area contributed by atoms with Crippen molar-refractivity contribution in [2.24, 2.45) is 5.92 Å². The summed E-state index contributed by atoms with van der Waals surface area (Å²) in [6, 6.07) is 10.2. The summed E-state index contributed by atoms with van der Waals surface area (Å²) in [4.78, 5) is 73.4. The average molecular weight is 659 g/mol. The third-order valence-electron chi connectivity index (χ3n) is 8.41. The number of rotatable bonds is 5. The Hall–Kier alpha value is -5.27. The normalized spacial score (nSPS) is 22.7. The van der Waals surface area contributed by atoms with Gasteiger partial charge in [-0.2, -0.15) is 5.10 Å². The zero-order valence-corrected chi connectivity index (χ0v) is 27.3. The molecule has 0 radical (unpaired) electrons. The molecule has 48 heavy (non-hydrogen) atoms. The molecule has 4 heterocycles. The molecule has 254 valence electrons. The molecule has 3 aliphatic heterocycles. The number of ether oxygens (including phenoxy) is 1. The van der Waals surface area contributed by atoms with Crippen molar-refractivity contribution in [1.29, 1.82) is 0 Å². The molecule has 3 aromatic rings. The molecule has 0 aliphatic carbocycles. The summed E-state index contributed by atoms with van der Waals surface area (Å²) in [6.45, 7) is 6.25. The number of benzene rings is 2. The fourth-order valence-corrected chi connectivity index (χ4v) is 5.96. The topological polar surface area (TPSA) is 188 Å². The summed E-state index contributed by atoms with van der Waals surface area (Å²) in [5, 5.41) is 17.9. The molecule has 0 spiro atoms. The number of aromatic amines is 1. The summed E-state index contributed by atoms with van der Waals surface area (Å²) in [5.41, 5.74) is 1.52. The van der Waals surface area contributed by atoms with Gasteiger partial charge in [0.1, 0.15) is 42.9 Å². The minimum absolute atomic E-state index is 0.0622. The van der Waals surface area contributed by atoms with Crippen LogP contribution in [0.2, 0.25) is 0 Å². The van der Waals surface area contributed by atoms with Gasteiger partial charge < -0.3 is 30.9 Å². The van der Waals surface area contributed by atoms with Crippen LogP contribution in [0.15, 0.2) is 54.9 Å². The number of hydrogen-bond acceptors (Lipinski definition) is 8. The van der Waals surface area contributed by atoms with Crippen LogP contribution in [0.5, 0.6) is 5.75 Å². The lowest BCUT2D eigenvalue weighted by molar-refractivity contribution is -0.142. The van der Waals surface area contributed by atoms with Crippen molar-refractivity contribution in [3.8, 4) is 17.1 Å². The molecule has 1 saturated heterocycles. The molecule has 2 aromatic carbocycles. The lowest BCUT2D eigenvalue weighted by atomic mass is 10.0. The van der Waals surface area contributed by atoms with Crippen molar-refractivity contribution in [1.82, 2.24) is 41.3 Å². The summed E-state index contributed by atoms with van der Waals surface area (Å²) >= 11 is 0. The Kier molecular flexibility index (Phi) is 11.0. The lowest BCUT2D eigenvalue weighted by Crippen LogP contribution is -2.58. The quantitative estimate of drug-likeness (QED) is 0.272. The second-order valence-corrected chi connectivity index (χ2v) is 12.5. The van der Waals surface area contributed by atoms with Crippen LogP contribution in [-0.2, 0) is 25.6 Å². The fourth-order valence-electron chi connectivity index (χ4n) is 5.96. The summed E-state index contributed by atoms with van der Waals surface area (Å²) < 4.78 is 5.82. The predicted octanol–water partition coefficient (Wildman–Crippen LogP) is 1.35. The maximum absolute atomic E-state index is 13.8. The number of amides is 5. The number of carbonyl (C=O) groups excluding carboxylic acids is 5. The highest BCUT2D eigenvalue weighted by atomic mass is 16.5. The number of fused-ring (bicyclic) bond motifs is 14. The van der Waals surface area contributed by atoms with E-state index in [-0.39, 0.29) is 42.9 Å². The van der Waals surface area contributed by atoms with Crippen LogP contribution < -0.4 is 26.0 Å². The highest BCUT2D eigenvalue weighted by Gasteiger charge is 2.38. The molecule has 4 atom stereocenters. The molecule has 5 amide bonds. The highest BCUT2D eigenvalue weighted by molar-refractivity contribution is 6.02. The summed E-state index contributed by atoms with van der Waals surface area (Å²) in [7, 11) is 0. The van der Waals surface area contributed by atoms with Crippen molar-refractivity contribution >= 4 is 29.5 Å². The molecular weight excluding hydrogens is 616 g/mol. The molecule has 1 fully saturated rings. The molecule has 0 unspecified atom stereocenters. The number of nitrogens with one attached hydrogen (secondary N) is 5. The summed E-state index contributed by atoms with van der Waals surface area (Å²) in [6.07, 6.45) is 2.98. The number of nitrogens with zero attached hydrogens (tertiary/aromatic N) is 3. The minimum Gasteiger partial charge on any atom is -0.492 e. The van der Waals surface area contributed by atoms with E-state index >= 15 is 0 Å². The molecular formula is C34H42N8O6. The van der Waals surface area contributed by atoms with Crippen LogP contribution in [0.1, 0.15) is 56.0 Å². The van der Waals surface area contributed by atoms with Crippen LogP contribution in [0.4, 0.5) is 0 Å². The van der Waals surface area contributed by atoms with E-state index in [2.05, 4.69) is 36.4 Å². The zero-order chi connectivity index (χ0) is 34.2. The molecule has 5 N–H and O–H groups in total. The smallest absolute Gasteiger partial charge is 0.252 e. The van der Waals surface area contributed by atoms with Crippen molar-refractivity contribution in [3.63, 3.8) is 0 Å². The van der Waals surface area contributed by atoms with Crippen molar-refractivity contribution < 1.29 is 28.7 Å². The number of hydrogen-bond donors (Lipinski definition) is 5. The molecule has 14 nitrogen and oxygen atoms in total. The van der Waals surface area contributed by atoms with Crippen LogP contribution in [0, 0.1) is 5.92 Å². The molecule has 2 bridgehead atoms. The lowest BCUT2D eigenvalue weighted by Gasteiger charge is -2.30. The van der Waals surface area contributed by atoms with E-state index in [0.717, 1.165) is 5.56 Å². The van der Waals surface area contributed by atoms with Crippen LogP contribution >= 0.6 is 0 Å². The standard InChI is InChI=1S/C34H42N8O6/c1-20(2)17-27-34(47)42-15-6-9-28(42)33(46)35-14-16-48-23-12-10-22(11-13-23)18-26(32(45)38-21(3)30(43)40-27)39-31(44)25-8-5-4-7-24(25)29-36-19-37-41-29/h4-5,7-8,10-13,19-21,26-28H,6,9,14-18H2,1-3H3,(H,35,46)(H,38,45)(H,39,44)(H,40,43)(H,36,37,41)/t21-,26+,27+,28-/m1/s1. The van der Waals surface area contributed by atoms with Crippen LogP contribution in [0.25, 0.3) is 11.4 Å². The summed E-state index contributed by atoms with van der Waals surface area (Å²) in [5.74, 6) is -1.23. The van der Waals surface area contributed by atoms with E-state index in [1.807, 2.05) is 13.8 Å². The average Bonchev–Trinajstić information content (AvgIpc) is 3.79. The van der Waals surface area contributed by atoms with Gasteiger partial charge in [-0.3, -0.25) is 29.1 Å². The first-order valence-electron chi connectivity index (χ1n) is 16.3. The first-order chi connectivity index (χ1) is 23.1. The van der Waals surface area contributed by atoms with Gasteiger partial charge >= 0.3 is 0 Å². The molecule has 1 aromatic heterocycles. The van der Waals surface area contributed by atoms with E-state index < -0.39 is 41.9 Å². The zero-order valence-electron chi connectivity index (χ0n) is 27.3. The second-order valence-electron chi connectivity index (χ2n) is 12.5. The molecule has 3 aliphatic rings. The van der Waals surface area contributed by atoms with Gasteiger partial charge in [-0.1, -0.05) is 44.2 Å². The van der Waals surface area contributed by atoms with E-state index in [9.17, 15) is 24.0 Å². The largest absolute Gasteiger partial charge is 0.492 e. The first kappa shape index (κ1) is 34.1. The Morgan fingerprint density at radius 1 is 1.02 bits per heavy atom. The highest BCUT2D eigenvalue weighted by Crippen LogP contribution is 2.22.